The van der Waals surface area contributed by atoms with E-state index in [9.17, 15) is 4.79 Å². The van der Waals surface area contributed by atoms with Crippen LogP contribution in [0.25, 0.3) is 22.6 Å². The average molecular weight is 389 g/mol. The Morgan fingerprint density at radius 1 is 1.03 bits per heavy atom. The van der Waals surface area contributed by atoms with Gasteiger partial charge in [0.15, 0.2) is 12.4 Å². The third-order valence-electron chi connectivity index (χ3n) is 5.15. The number of carbonyl (C=O) groups excluding carboxylic acids is 1. The molecule has 0 radical (unpaired) electrons. The van der Waals surface area contributed by atoms with Gasteiger partial charge in [-0.1, -0.05) is 24.6 Å². The van der Waals surface area contributed by atoms with Crippen molar-refractivity contribution in [3.8, 4) is 11.7 Å². The number of aromatic nitrogens is 3. The van der Waals surface area contributed by atoms with Crippen LogP contribution in [0.3, 0.4) is 0 Å². The number of nitrogens with zero attached hydrogens (tertiary/aromatic N) is 3. The first-order valence-corrected chi connectivity index (χ1v) is 9.73. The summed E-state index contributed by atoms with van der Waals surface area (Å²) in [6.45, 7) is -0.0992. The van der Waals surface area contributed by atoms with E-state index in [1.54, 1.807) is 12.1 Å². The van der Waals surface area contributed by atoms with Crippen LogP contribution in [-0.2, 0) is 24.2 Å². The van der Waals surface area contributed by atoms with Crippen LogP contribution < -0.4 is 0 Å². The topological polar surface area (TPSA) is 91.2 Å². The molecule has 0 unspecified atom stereocenters. The van der Waals surface area contributed by atoms with Crippen molar-refractivity contribution in [1.29, 1.82) is 0 Å². The quantitative estimate of drug-likeness (QED) is 0.375. The third-order valence-corrected chi connectivity index (χ3v) is 5.15. The molecule has 146 valence electrons. The Balaban J connectivity index is 1.44. The van der Waals surface area contributed by atoms with Crippen molar-refractivity contribution in [3.05, 3.63) is 65.4 Å². The third kappa shape index (κ3) is 3.40. The number of fused-ring (bicyclic) bond motifs is 2. The average Bonchev–Trinajstić information content (AvgIpc) is 3.38. The van der Waals surface area contributed by atoms with Gasteiger partial charge in [-0.3, -0.25) is 4.98 Å². The van der Waals surface area contributed by atoms with E-state index in [1.807, 2.05) is 24.3 Å². The number of hydrogen-bond donors (Lipinski definition) is 0. The molecule has 4 aromatic rings. The fourth-order valence-electron chi connectivity index (χ4n) is 3.79. The molecule has 0 bridgehead atoms. The van der Waals surface area contributed by atoms with Gasteiger partial charge in [0.05, 0.1) is 17.3 Å². The van der Waals surface area contributed by atoms with E-state index in [2.05, 4.69) is 10.2 Å². The number of carbonyl (C=O) groups is 1. The smallest absolute Gasteiger partial charge is 0.339 e. The Hall–Kier alpha value is -3.48. The zero-order valence-electron chi connectivity index (χ0n) is 15.8. The molecule has 7 nitrogen and oxygen atoms in total. The molecule has 0 aliphatic heterocycles. The molecular weight excluding hydrogens is 370 g/mol. The molecular formula is C22H19N3O4. The van der Waals surface area contributed by atoms with Gasteiger partial charge < -0.3 is 13.6 Å². The van der Waals surface area contributed by atoms with Gasteiger partial charge in [-0.25, -0.2) is 4.79 Å². The van der Waals surface area contributed by atoms with Crippen LogP contribution in [0, 0.1) is 0 Å². The second kappa shape index (κ2) is 7.50. The van der Waals surface area contributed by atoms with Crippen molar-refractivity contribution in [2.45, 2.75) is 38.7 Å². The second-order valence-corrected chi connectivity index (χ2v) is 7.04. The molecule has 0 spiro atoms. The summed E-state index contributed by atoms with van der Waals surface area (Å²) in [6, 6.07) is 11.2. The molecule has 0 atom stereocenters. The van der Waals surface area contributed by atoms with Gasteiger partial charge in [-0.05, 0) is 49.4 Å². The van der Waals surface area contributed by atoms with E-state index >= 15 is 0 Å². The summed E-state index contributed by atoms with van der Waals surface area (Å²) in [6.07, 6.45) is 6.52. The van der Waals surface area contributed by atoms with E-state index in [0.717, 1.165) is 54.3 Å². The first-order chi connectivity index (χ1) is 14.3. The minimum Gasteiger partial charge on any atom is -0.459 e. The number of rotatable bonds is 4. The highest BCUT2D eigenvalue weighted by Gasteiger charge is 2.23. The number of para-hydroxylation sites is 1. The number of furan rings is 1. The van der Waals surface area contributed by atoms with E-state index in [4.69, 9.17) is 18.6 Å². The van der Waals surface area contributed by atoms with Gasteiger partial charge in [0.1, 0.15) is 0 Å². The molecule has 0 fully saturated rings. The Morgan fingerprint density at radius 3 is 2.83 bits per heavy atom. The number of benzene rings is 1. The lowest BCUT2D eigenvalue weighted by Gasteiger charge is -2.14. The molecule has 1 aliphatic rings. The maximum atomic E-state index is 13.1. The molecule has 0 N–H and O–H groups in total. The fourth-order valence-corrected chi connectivity index (χ4v) is 3.79. The molecule has 29 heavy (non-hydrogen) atoms. The monoisotopic (exact) mass is 389 g/mol. The molecule has 5 rings (SSSR count). The molecule has 0 saturated heterocycles. The minimum atomic E-state index is -0.389. The van der Waals surface area contributed by atoms with E-state index in [0.29, 0.717) is 11.3 Å². The van der Waals surface area contributed by atoms with E-state index in [1.165, 1.54) is 6.26 Å². The highest BCUT2D eigenvalue weighted by molar-refractivity contribution is 6.05. The fraction of sp³-hybridized carbons (Fsp3) is 0.273. The Labute approximate surface area is 166 Å². The maximum absolute atomic E-state index is 13.1. The zero-order valence-corrected chi connectivity index (χ0v) is 15.8. The van der Waals surface area contributed by atoms with Crippen LogP contribution in [-0.4, -0.2) is 21.2 Å². The van der Waals surface area contributed by atoms with Gasteiger partial charge >= 0.3 is 5.97 Å². The van der Waals surface area contributed by atoms with Crippen LogP contribution in [0.4, 0.5) is 0 Å². The number of esters is 1. The molecule has 0 amide bonds. The largest absolute Gasteiger partial charge is 0.459 e. The van der Waals surface area contributed by atoms with Crippen molar-refractivity contribution in [2.75, 3.05) is 0 Å². The zero-order chi connectivity index (χ0) is 19.6. The van der Waals surface area contributed by atoms with Crippen molar-refractivity contribution >= 4 is 16.9 Å². The highest BCUT2D eigenvalue weighted by atomic mass is 16.5. The van der Waals surface area contributed by atoms with Crippen molar-refractivity contribution in [3.63, 3.8) is 0 Å². The summed E-state index contributed by atoms with van der Waals surface area (Å²) in [5.41, 5.74) is 3.44. The first kappa shape index (κ1) is 17.6. The number of pyridine rings is 1. The van der Waals surface area contributed by atoms with E-state index < -0.39 is 0 Å². The maximum Gasteiger partial charge on any atom is 0.339 e. The summed E-state index contributed by atoms with van der Waals surface area (Å²) < 4.78 is 16.3. The van der Waals surface area contributed by atoms with Gasteiger partial charge in [-0.2, -0.15) is 0 Å². The van der Waals surface area contributed by atoms with Crippen LogP contribution >= 0.6 is 0 Å². The van der Waals surface area contributed by atoms with Crippen LogP contribution in [0.2, 0.25) is 0 Å². The summed E-state index contributed by atoms with van der Waals surface area (Å²) >= 11 is 0. The van der Waals surface area contributed by atoms with Crippen LogP contribution in [0.5, 0.6) is 0 Å². The molecule has 0 saturated carbocycles. The number of ether oxygens (including phenoxy) is 1. The summed E-state index contributed by atoms with van der Waals surface area (Å²) in [4.78, 5) is 17.9. The van der Waals surface area contributed by atoms with Crippen molar-refractivity contribution in [1.82, 2.24) is 15.2 Å². The van der Waals surface area contributed by atoms with Crippen molar-refractivity contribution in [2.24, 2.45) is 0 Å². The Morgan fingerprint density at radius 2 is 1.93 bits per heavy atom. The second-order valence-electron chi connectivity index (χ2n) is 7.04. The normalized spacial score (nSPS) is 13.8. The highest BCUT2D eigenvalue weighted by Crippen LogP contribution is 2.29. The first-order valence-electron chi connectivity index (χ1n) is 9.73. The molecule has 1 aliphatic carbocycles. The summed E-state index contributed by atoms with van der Waals surface area (Å²) in [5, 5.41) is 8.69. The van der Waals surface area contributed by atoms with Gasteiger partial charge in [-0.15, -0.1) is 10.2 Å². The summed E-state index contributed by atoms with van der Waals surface area (Å²) in [5.74, 6) is 0.554. The van der Waals surface area contributed by atoms with Gasteiger partial charge in [0.25, 0.3) is 11.8 Å². The summed E-state index contributed by atoms with van der Waals surface area (Å²) in [7, 11) is 0. The predicted octanol–water partition coefficient (Wildman–Crippen LogP) is 4.50. The van der Waals surface area contributed by atoms with Crippen LogP contribution in [0.1, 0.15) is 46.8 Å². The SMILES string of the molecule is O=C(OCc1nnc(-c2ccco2)o1)c1c2c(nc3ccccc13)CCCCC2. The molecule has 3 heterocycles. The van der Waals surface area contributed by atoms with E-state index in [-0.39, 0.29) is 24.4 Å². The number of aryl methyl sites for hydroxylation is 1. The lowest BCUT2D eigenvalue weighted by molar-refractivity contribution is 0.0439. The lowest BCUT2D eigenvalue weighted by atomic mass is 9.97. The van der Waals surface area contributed by atoms with Crippen molar-refractivity contribution < 1.29 is 18.4 Å². The van der Waals surface area contributed by atoms with Gasteiger partial charge in [0, 0.05) is 11.1 Å². The minimum absolute atomic E-state index is 0.0992. The molecule has 3 aromatic heterocycles. The van der Waals surface area contributed by atoms with Gasteiger partial charge in [0.2, 0.25) is 0 Å². The Kier molecular flexibility index (Phi) is 4.56. The molecule has 7 heteroatoms. The predicted molar refractivity (Wildman–Crippen MR) is 104 cm³/mol. The number of hydrogen-bond acceptors (Lipinski definition) is 7. The Bertz CT molecular complexity index is 1160. The standard InChI is InChI=1S/C22H19N3O4/c26-22(28-13-19-24-25-21(29-19)18-11-6-12-27-18)20-14-7-2-1-3-9-16(14)23-17-10-5-4-8-15(17)20/h4-6,8,10-12H,1-3,7,9,13H2. The lowest BCUT2D eigenvalue weighted by Crippen LogP contribution is -2.12. The molecule has 1 aromatic carbocycles. The van der Waals surface area contributed by atoms with Crippen LogP contribution in [0.15, 0.2) is 51.5 Å².